The summed E-state index contributed by atoms with van der Waals surface area (Å²) in [5.41, 5.74) is -4.72. The van der Waals surface area contributed by atoms with Crippen LogP contribution < -0.4 is 5.32 Å². The Labute approximate surface area is 109 Å². The lowest BCUT2D eigenvalue weighted by Gasteiger charge is -2.09. The Morgan fingerprint density at radius 1 is 1.21 bits per heavy atom. The second-order valence-electron chi connectivity index (χ2n) is 3.75. The van der Waals surface area contributed by atoms with Crippen molar-refractivity contribution < 1.29 is 26.3 Å². The number of halogens is 3. The van der Waals surface area contributed by atoms with Crippen molar-refractivity contribution in [2.45, 2.75) is 16.8 Å². The van der Waals surface area contributed by atoms with Crippen molar-refractivity contribution >= 4 is 15.5 Å². The molecule has 4 nitrogen and oxygen atoms in total. The van der Waals surface area contributed by atoms with Gasteiger partial charge in [0.25, 0.3) is 9.84 Å². The van der Waals surface area contributed by atoms with Gasteiger partial charge in [-0.05, 0) is 30.7 Å². The van der Waals surface area contributed by atoms with Gasteiger partial charge in [0, 0.05) is 25.9 Å². The van der Waals surface area contributed by atoms with Crippen LogP contribution in [0.1, 0.15) is 6.42 Å². The summed E-state index contributed by atoms with van der Waals surface area (Å²) in [6, 6.07) is 4.46. The van der Waals surface area contributed by atoms with E-state index in [2.05, 4.69) is 5.32 Å². The Morgan fingerprint density at radius 2 is 1.79 bits per heavy atom. The fourth-order valence-corrected chi connectivity index (χ4v) is 2.10. The van der Waals surface area contributed by atoms with Crippen molar-refractivity contribution in [2.75, 3.05) is 25.6 Å². The molecule has 0 bridgehead atoms. The second kappa shape index (κ2) is 6.25. The predicted molar refractivity (Wildman–Crippen MR) is 64.7 cm³/mol. The number of alkyl halides is 3. The summed E-state index contributed by atoms with van der Waals surface area (Å²) in [5, 5.41) is 2.94. The Morgan fingerprint density at radius 3 is 2.26 bits per heavy atom. The topological polar surface area (TPSA) is 55.4 Å². The first-order valence-corrected chi connectivity index (χ1v) is 6.91. The molecule has 1 N–H and O–H groups in total. The maximum atomic E-state index is 12.3. The van der Waals surface area contributed by atoms with Gasteiger partial charge in [-0.3, -0.25) is 0 Å². The highest BCUT2D eigenvalue weighted by molar-refractivity contribution is 7.92. The van der Waals surface area contributed by atoms with E-state index in [9.17, 15) is 21.6 Å². The summed E-state index contributed by atoms with van der Waals surface area (Å²) < 4.78 is 63.9. The van der Waals surface area contributed by atoms with Crippen LogP contribution in [-0.4, -0.2) is 34.2 Å². The quantitative estimate of drug-likeness (QED) is 0.819. The van der Waals surface area contributed by atoms with E-state index in [0.29, 0.717) is 18.8 Å². The minimum atomic E-state index is -5.28. The van der Waals surface area contributed by atoms with Crippen molar-refractivity contribution in [2.24, 2.45) is 0 Å². The lowest BCUT2D eigenvalue weighted by atomic mass is 10.3. The number of benzene rings is 1. The molecule has 0 radical (unpaired) electrons. The number of hydrogen-bond acceptors (Lipinski definition) is 4. The average Bonchev–Trinajstić information content (AvgIpc) is 2.34. The standard InChI is InChI=1S/C11H14F3NO3S/c1-18-8-2-7-15-9-3-5-10(6-4-9)19(16,17)11(12,13)14/h3-6,15H,2,7-8H2,1H3. The zero-order valence-electron chi connectivity index (χ0n) is 10.2. The third-order valence-electron chi connectivity index (χ3n) is 2.32. The zero-order valence-corrected chi connectivity index (χ0v) is 11.0. The molecule has 0 aliphatic heterocycles. The zero-order chi connectivity index (χ0) is 14.5. The summed E-state index contributed by atoms with van der Waals surface area (Å²) in [7, 11) is -3.70. The van der Waals surface area contributed by atoms with Crippen LogP contribution in [0.25, 0.3) is 0 Å². The van der Waals surface area contributed by atoms with E-state index in [1.165, 1.54) is 12.1 Å². The molecule has 0 aliphatic rings. The third kappa shape index (κ3) is 4.10. The van der Waals surface area contributed by atoms with E-state index in [1.54, 1.807) is 7.11 Å². The van der Waals surface area contributed by atoms with E-state index in [0.717, 1.165) is 18.6 Å². The van der Waals surface area contributed by atoms with Crippen LogP contribution in [0.15, 0.2) is 29.2 Å². The summed E-state index contributed by atoms with van der Waals surface area (Å²) in [6.07, 6.45) is 0.735. The van der Waals surface area contributed by atoms with Crippen LogP contribution in [0.5, 0.6) is 0 Å². The molecule has 0 aromatic heterocycles. The molecule has 0 amide bonds. The minimum Gasteiger partial charge on any atom is -0.385 e. The molecule has 8 heteroatoms. The fraction of sp³-hybridized carbons (Fsp3) is 0.455. The van der Waals surface area contributed by atoms with Gasteiger partial charge in [-0.2, -0.15) is 13.2 Å². The van der Waals surface area contributed by atoms with E-state index in [4.69, 9.17) is 4.74 Å². The normalized spacial score (nSPS) is 12.4. The first-order chi connectivity index (χ1) is 8.79. The molecular weight excluding hydrogens is 283 g/mol. The second-order valence-corrected chi connectivity index (χ2v) is 5.69. The molecule has 0 fully saturated rings. The molecule has 0 saturated carbocycles. The molecule has 0 unspecified atom stereocenters. The number of hydrogen-bond donors (Lipinski definition) is 1. The third-order valence-corrected chi connectivity index (χ3v) is 3.83. The van der Waals surface area contributed by atoms with Crippen LogP contribution in [0.4, 0.5) is 18.9 Å². The molecular formula is C11H14F3NO3S. The fourth-order valence-electron chi connectivity index (χ4n) is 1.33. The lowest BCUT2D eigenvalue weighted by molar-refractivity contribution is -0.0436. The highest BCUT2D eigenvalue weighted by Crippen LogP contribution is 2.30. The van der Waals surface area contributed by atoms with Crippen LogP contribution in [0, 0.1) is 0 Å². The predicted octanol–water partition coefficient (Wildman–Crippen LogP) is 2.43. The van der Waals surface area contributed by atoms with Gasteiger partial charge in [-0.15, -0.1) is 0 Å². The van der Waals surface area contributed by atoms with E-state index < -0.39 is 20.2 Å². The van der Waals surface area contributed by atoms with Crippen LogP contribution >= 0.6 is 0 Å². The SMILES string of the molecule is COCCCNc1ccc(S(=O)(=O)C(F)(F)F)cc1. The largest absolute Gasteiger partial charge is 0.501 e. The van der Waals surface area contributed by atoms with Gasteiger partial charge in [-0.25, -0.2) is 8.42 Å². The highest BCUT2D eigenvalue weighted by Gasteiger charge is 2.46. The monoisotopic (exact) mass is 297 g/mol. The smallest absolute Gasteiger partial charge is 0.385 e. The van der Waals surface area contributed by atoms with E-state index in [-0.39, 0.29) is 0 Å². The van der Waals surface area contributed by atoms with Crippen LogP contribution in [-0.2, 0) is 14.6 Å². The van der Waals surface area contributed by atoms with Crippen LogP contribution in [0.2, 0.25) is 0 Å². The molecule has 0 saturated heterocycles. The van der Waals surface area contributed by atoms with Gasteiger partial charge >= 0.3 is 5.51 Å². The van der Waals surface area contributed by atoms with Crippen LogP contribution in [0.3, 0.4) is 0 Å². The Hall–Kier alpha value is -1.28. The van der Waals surface area contributed by atoms with Crippen molar-refractivity contribution in [3.8, 4) is 0 Å². The van der Waals surface area contributed by atoms with Gasteiger partial charge in [0.1, 0.15) is 0 Å². The molecule has 1 aromatic rings. The average molecular weight is 297 g/mol. The summed E-state index contributed by atoms with van der Waals surface area (Å²) in [6.45, 7) is 1.15. The molecule has 108 valence electrons. The van der Waals surface area contributed by atoms with Gasteiger partial charge in [-0.1, -0.05) is 0 Å². The van der Waals surface area contributed by atoms with E-state index >= 15 is 0 Å². The molecule has 0 atom stereocenters. The first-order valence-electron chi connectivity index (χ1n) is 5.43. The van der Waals surface area contributed by atoms with Gasteiger partial charge in [0.15, 0.2) is 0 Å². The maximum absolute atomic E-state index is 12.3. The molecule has 1 aromatic carbocycles. The molecule has 0 aliphatic carbocycles. The molecule has 1 rings (SSSR count). The van der Waals surface area contributed by atoms with Gasteiger partial charge < -0.3 is 10.1 Å². The lowest BCUT2D eigenvalue weighted by Crippen LogP contribution is -2.23. The van der Waals surface area contributed by atoms with Gasteiger partial charge in [0.2, 0.25) is 0 Å². The Kier molecular flexibility index (Phi) is 5.19. The van der Waals surface area contributed by atoms with Crippen molar-refractivity contribution in [1.82, 2.24) is 0 Å². The summed E-state index contributed by atoms with van der Waals surface area (Å²) in [4.78, 5) is -0.762. The van der Waals surface area contributed by atoms with Crippen molar-refractivity contribution in [3.05, 3.63) is 24.3 Å². The summed E-state index contributed by atoms with van der Waals surface area (Å²) in [5.74, 6) is 0. The first kappa shape index (κ1) is 15.8. The van der Waals surface area contributed by atoms with E-state index in [1.807, 2.05) is 0 Å². The Balaban J connectivity index is 2.72. The number of ether oxygens (including phenoxy) is 1. The van der Waals surface area contributed by atoms with Crippen molar-refractivity contribution in [3.63, 3.8) is 0 Å². The van der Waals surface area contributed by atoms with Gasteiger partial charge in [0.05, 0.1) is 4.90 Å². The number of methoxy groups -OCH3 is 1. The molecule has 0 heterocycles. The molecule has 19 heavy (non-hydrogen) atoms. The number of rotatable bonds is 6. The number of nitrogens with one attached hydrogen (secondary N) is 1. The summed E-state index contributed by atoms with van der Waals surface area (Å²) >= 11 is 0. The molecule has 0 spiro atoms. The number of sulfone groups is 1. The minimum absolute atomic E-state index is 0.553. The number of anilines is 1. The highest BCUT2D eigenvalue weighted by atomic mass is 32.2. The maximum Gasteiger partial charge on any atom is 0.501 e. The van der Waals surface area contributed by atoms with Crippen molar-refractivity contribution in [1.29, 1.82) is 0 Å². The Bertz CT molecular complexity index is 497.